The molecule has 1 aliphatic heterocycles. The van der Waals surface area contributed by atoms with E-state index >= 15 is 0 Å². The molecule has 0 unspecified atom stereocenters. The summed E-state index contributed by atoms with van der Waals surface area (Å²) in [7, 11) is 0. The summed E-state index contributed by atoms with van der Waals surface area (Å²) in [5.41, 5.74) is 1.92. The Bertz CT molecular complexity index is 1440. The van der Waals surface area contributed by atoms with Crippen molar-refractivity contribution in [3.8, 4) is 0 Å². The molecule has 1 aliphatic rings. The van der Waals surface area contributed by atoms with E-state index in [4.69, 9.17) is 58.0 Å². The van der Waals surface area contributed by atoms with Gasteiger partial charge in [0.2, 0.25) is 0 Å². The molecule has 0 radical (unpaired) electrons. The number of imide groups is 1. The van der Waals surface area contributed by atoms with E-state index < -0.39 is 17.7 Å². The predicted octanol–water partition coefficient (Wildman–Crippen LogP) is 7.30. The van der Waals surface area contributed by atoms with Gasteiger partial charge in [-0.25, -0.2) is 4.90 Å². The molecule has 1 heterocycles. The van der Waals surface area contributed by atoms with Crippen molar-refractivity contribution in [3.05, 3.63) is 96.5 Å². The van der Waals surface area contributed by atoms with Crippen molar-refractivity contribution >= 4 is 92.8 Å². The van der Waals surface area contributed by atoms with Crippen LogP contribution in [0, 0.1) is 6.92 Å². The van der Waals surface area contributed by atoms with Crippen molar-refractivity contribution in [1.29, 1.82) is 0 Å². The number of amides is 3. The number of halogens is 5. The number of rotatable bonds is 5. The number of hydrogen-bond acceptors (Lipinski definition) is 4. The maximum absolute atomic E-state index is 13.1. The van der Waals surface area contributed by atoms with Crippen LogP contribution in [0.5, 0.6) is 0 Å². The number of benzene rings is 3. The highest BCUT2D eigenvalue weighted by molar-refractivity contribution is 6.54. The zero-order valence-electron chi connectivity index (χ0n) is 17.8. The molecule has 3 aromatic carbocycles. The summed E-state index contributed by atoms with van der Waals surface area (Å²) in [5, 5.41) is 6.09. The lowest BCUT2D eigenvalue weighted by atomic mass is 10.1. The Morgan fingerprint density at radius 1 is 0.829 bits per heavy atom. The summed E-state index contributed by atoms with van der Waals surface area (Å²) in [6, 6.07) is 14.1. The SMILES string of the molecule is Cc1ccc(Cl)cc1NC(=O)c1cccc(NC2=C(Cl)C(=O)N(c3cc(Cl)c(Cl)cc3Cl)C2=O)c1. The lowest BCUT2D eigenvalue weighted by Crippen LogP contribution is -2.32. The van der Waals surface area contributed by atoms with E-state index in [2.05, 4.69) is 10.6 Å². The van der Waals surface area contributed by atoms with Crippen molar-refractivity contribution in [2.45, 2.75) is 6.92 Å². The number of aryl methyl sites for hydroxylation is 1. The first kappa shape index (κ1) is 25.4. The third-order valence-corrected chi connectivity index (χ3v) is 6.71. The number of carbonyl (C=O) groups excluding carboxylic acids is 3. The van der Waals surface area contributed by atoms with Crippen LogP contribution in [0.3, 0.4) is 0 Å². The summed E-state index contributed by atoms with van der Waals surface area (Å²) in [6.07, 6.45) is 0. The fourth-order valence-corrected chi connectivity index (χ4v) is 4.33. The summed E-state index contributed by atoms with van der Waals surface area (Å²) in [5.74, 6) is -1.92. The smallest absolute Gasteiger partial charge is 0.283 e. The predicted molar refractivity (Wildman–Crippen MR) is 141 cm³/mol. The second-order valence-electron chi connectivity index (χ2n) is 7.47. The molecular weight excluding hydrogens is 556 g/mol. The molecule has 0 atom stereocenters. The highest BCUT2D eigenvalue weighted by atomic mass is 35.5. The van der Waals surface area contributed by atoms with Crippen LogP contribution in [-0.2, 0) is 9.59 Å². The molecule has 178 valence electrons. The first-order chi connectivity index (χ1) is 16.6. The average Bonchev–Trinajstić information content (AvgIpc) is 3.02. The van der Waals surface area contributed by atoms with E-state index in [1.165, 1.54) is 18.2 Å². The summed E-state index contributed by atoms with van der Waals surface area (Å²) in [4.78, 5) is 39.4. The van der Waals surface area contributed by atoms with Crippen LogP contribution in [0.15, 0.2) is 65.3 Å². The van der Waals surface area contributed by atoms with Gasteiger partial charge in [0.15, 0.2) is 0 Å². The molecule has 0 fully saturated rings. The lowest BCUT2D eigenvalue weighted by Gasteiger charge is -2.17. The minimum Gasteiger partial charge on any atom is -0.350 e. The van der Waals surface area contributed by atoms with Gasteiger partial charge in [-0.3, -0.25) is 14.4 Å². The fourth-order valence-electron chi connectivity index (χ4n) is 3.32. The molecule has 0 saturated heterocycles. The third-order valence-electron chi connectivity index (χ3n) is 5.10. The minimum atomic E-state index is -0.787. The molecule has 3 aromatic rings. The van der Waals surface area contributed by atoms with E-state index in [0.29, 0.717) is 22.0 Å². The van der Waals surface area contributed by atoms with Gasteiger partial charge in [0, 0.05) is 22.0 Å². The maximum Gasteiger partial charge on any atom is 0.283 e. The number of nitrogens with one attached hydrogen (secondary N) is 2. The molecule has 0 aliphatic carbocycles. The van der Waals surface area contributed by atoms with Gasteiger partial charge in [0.1, 0.15) is 10.7 Å². The first-order valence-electron chi connectivity index (χ1n) is 9.94. The Morgan fingerprint density at radius 2 is 1.54 bits per heavy atom. The van der Waals surface area contributed by atoms with E-state index in [1.807, 2.05) is 6.92 Å². The lowest BCUT2D eigenvalue weighted by molar-refractivity contribution is -0.120. The zero-order chi connectivity index (χ0) is 25.4. The normalized spacial score (nSPS) is 13.5. The Labute approximate surface area is 225 Å². The van der Waals surface area contributed by atoms with Crippen molar-refractivity contribution < 1.29 is 14.4 Å². The molecule has 0 saturated carbocycles. The molecule has 11 heteroatoms. The minimum absolute atomic E-state index is 0.0380. The number of hydrogen-bond donors (Lipinski definition) is 2. The van der Waals surface area contributed by atoms with Crippen LogP contribution >= 0.6 is 58.0 Å². The quantitative estimate of drug-likeness (QED) is 0.250. The van der Waals surface area contributed by atoms with E-state index in [-0.39, 0.29) is 31.5 Å². The van der Waals surface area contributed by atoms with Crippen LogP contribution in [0.25, 0.3) is 0 Å². The van der Waals surface area contributed by atoms with Crippen LogP contribution < -0.4 is 15.5 Å². The Hall–Kier alpha value is -2.74. The largest absolute Gasteiger partial charge is 0.350 e. The summed E-state index contributed by atoms with van der Waals surface area (Å²) < 4.78 is 0. The van der Waals surface area contributed by atoms with E-state index in [1.54, 1.807) is 36.4 Å². The van der Waals surface area contributed by atoms with Gasteiger partial charge in [-0.15, -0.1) is 0 Å². The molecule has 0 bridgehead atoms. The standard InChI is InChI=1S/C24H14Cl5N3O3/c1-11-5-6-13(25)8-18(11)31-22(33)12-3-2-4-14(7-12)30-21-20(29)23(34)32(24(21)35)19-10-16(27)15(26)9-17(19)28/h2-10,30H,1H3,(H,31,33). The Kier molecular flexibility index (Phi) is 7.31. The Balaban J connectivity index is 1.58. The summed E-state index contributed by atoms with van der Waals surface area (Å²) in [6.45, 7) is 1.84. The second-order valence-corrected chi connectivity index (χ2v) is 9.51. The molecule has 4 rings (SSSR count). The van der Waals surface area contributed by atoms with Gasteiger partial charge < -0.3 is 10.6 Å². The molecule has 0 spiro atoms. The fraction of sp³-hybridized carbons (Fsp3) is 0.0417. The monoisotopic (exact) mass is 567 g/mol. The van der Waals surface area contributed by atoms with Crippen LogP contribution in [0.1, 0.15) is 15.9 Å². The van der Waals surface area contributed by atoms with Crippen LogP contribution in [-0.4, -0.2) is 17.7 Å². The number of nitrogens with zero attached hydrogens (tertiary/aromatic N) is 1. The highest BCUT2D eigenvalue weighted by Crippen LogP contribution is 2.38. The van der Waals surface area contributed by atoms with E-state index in [9.17, 15) is 14.4 Å². The van der Waals surface area contributed by atoms with Gasteiger partial charge >= 0.3 is 0 Å². The van der Waals surface area contributed by atoms with Gasteiger partial charge in [-0.2, -0.15) is 0 Å². The van der Waals surface area contributed by atoms with Gasteiger partial charge in [0.25, 0.3) is 17.7 Å². The van der Waals surface area contributed by atoms with Gasteiger partial charge in [-0.05, 0) is 55.0 Å². The second kappa shape index (κ2) is 10.1. The number of carbonyl (C=O) groups is 3. The third kappa shape index (κ3) is 5.13. The molecule has 0 aromatic heterocycles. The van der Waals surface area contributed by atoms with Crippen molar-refractivity contribution in [1.82, 2.24) is 0 Å². The molecule has 6 nitrogen and oxygen atoms in total. The van der Waals surface area contributed by atoms with Gasteiger partial charge in [-0.1, -0.05) is 70.1 Å². The average molecular weight is 570 g/mol. The zero-order valence-corrected chi connectivity index (χ0v) is 21.5. The Morgan fingerprint density at radius 3 is 2.29 bits per heavy atom. The van der Waals surface area contributed by atoms with Crippen molar-refractivity contribution in [2.24, 2.45) is 0 Å². The van der Waals surface area contributed by atoms with Crippen molar-refractivity contribution in [2.75, 3.05) is 15.5 Å². The number of anilines is 3. The molecule has 35 heavy (non-hydrogen) atoms. The molecule has 2 N–H and O–H groups in total. The van der Waals surface area contributed by atoms with Gasteiger partial charge in [0.05, 0.1) is 20.8 Å². The van der Waals surface area contributed by atoms with E-state index in [0.717, 1.165) is 10.5 Å². The highest BCUT2D eigenvalue weighted by Gasteiger charge is 2.40. The molecule has 3 amide bonds. The summed E-state index contributed by atoms with van der Waals surface area (Å²) >= 11 is 30.4. The van der Waals surface area contributed by atoms with Crippen LogP contribution in [0.4, 0.5) is 17.1 Å². The maximum atomic E-state index is 13.1. The van der Waals surface area contributed by atoms with Crippen LogP contribution in [0.2, 0.25) is 20.1 Å². The first-order valence-corrected chi connectivity index (χ1v) is 11.8. The van der Waals surface area contributed by atoms with Crippen molar-refractivity contribution in [3.63, 3.8) is 0 Å². The topological polar surface area (TPSA) is 78.5 Å². The molecular formula is C24H14Cl5N3O3.